The van der Waals surface area contributed by atoms with Gasteiger partial charge in [0.2, 0.25) is 0 Å². The molecule has 5 aromatic rings. The zero-order valence-electron chi connectivity index (χ0n) is 36.2. The van der Waals surface area contributed by atoms with Gasteiger partial charge in [0.15, 0.2) is 0 Å². The molecule has 5 rings (SSSR count). The summed E-state index contributed by atoms with van der Waals surface area (Å²) < 4.78 is 24.9. The van der Waals surface area contributed by atoms with Gasteiger partial charge in [-0.25, -0.2) is 0 Å². The van der Waals surface area contributed by atoms with Gasteiger partial charge in [-0.3, -0.25) is 0 Å². The molecule has 0 unspecified atom stereocenters. The van der Waals surface area contributed by atoms with E-state index >= 15 is 0 Å². The van der Waals surface area contributed by atoms with Crippen LogP contribution in [0.5, 0.6) is 23.0 Å². The Labute approximate surface area is 368 Å². The summed E-state index contributed by atoms with van der Waals surface area (Å²) in [6.45, 7) is 11.9. The molecule has 59 heavy (non-hydrogen) atoms. The van der Waals surface area contributed by atoms with Gasteiger partial charge in [0.05, 0.1) is 26.4 Å². The SMILES string of the molecule is CCCCCCOc1ccc(OCCCCCC)c(/C=C/c2ccc(-c3ccc(-c4ccc(/C=C/c5cc(OCCCCCC)ccc5OCCCCCC)s4)s3)s2)c1. The van der Waals surface area contributed by atoms with E-state index in [1.807, 2.05) is 34.0 Å². The van der Waals surface area contributed by atoms with Crippen LogP contribution in [0.4, 0.5) is 0 Å². The average molecular weight is 853 g/mol. The molecule has 0 aliphatic carbocycles. The molecule has 0 N–H and O–H groups in total. The van der Waals surface area contributed by atoms with Crippen LogP contribution in [-0.2, 0) is 0 Å². The van der Waals surface area contributed by atoms with E-state index in [0.29, 0.717) is 0 Å². The first kappa shape index (κ1) is 46.3. The standard InChI is InChI=1S/C52H68O4S3/c1-5-9-13-17-35-53-43-23-29-47(55-37-19-15-11-7-3)41(39-43)21-25-45-27-31-49(57-45)51-33-34-52(59-51)50-32-28-46(58-50)26-22-42-40-44(54-36-18-14-10-6-2)24-30-48(42)56-38-20-16-12-8-4/h21-34,39-40H,5-20,35-38H2,1-4H3/b25-21+,26-22+. The lowest BCUT2D eigenvalue weighted by molar-refractivity contribution is 0.296. The van der Waals surface area contributed by atoms with Crippen molar-refractivity contribution in [3.63, 3.8) is 0 Å². The molecule has 0 saturated heterocycles. The first-order valence-electron chi connectivity index (χ1n) is 22.6. The van der Waals surface area contributed by atoms with Gasteiger partial charge in [-0.15, -0.1) is 34.0 Å². The van der Waals surface area contributed by atoms with Crippen molar-refractivity contribution in [2.24, 2.45) is 0 Å². The van der Waals surface area contributed by atoms with E-state index in [-0.39, 0.29) is 0 Å². The highest BCUT2D eigenvalue weighted by atomic mass is 32.1. The molecule has 3 heterocycles. The normalized spacial score (nSPS) is 11.6. The van der Waals surface area contributed by atoms with E-state index in [1.165, 1.54) is 106 Å². The number of ether oxygens (including phenoxy) is 4. The van der Waals surface area contributed by atoms with Crippen molar-refractivity contribution in [2.75, 3.05) is 26.4 Å². The number of benzene rings is 2. The second kappa shape index (κ2) is 27.1. The van der Waals surface area contributed by atoms with Gasteiger partial charge in [-0.05, 0) is 123 Å². The van der Waals surface area contributed by atoms with Crippen LogP contribution in [0, 0.1) is 0 Å². The van der Waals surface area contributed by atoms with Gasteiger partial charge >= 0.3 is 0 Å². The molecule has 0 aliphatic rings. The van der Waals surface area contributed by atoms with E-state index < -0.39 is 0 Å². The van der Waals surface area contributed by atoms with Crippen molar-refractivity contribution in [1.82, 2.24) is 0 Å². The summed E-state index contributed by atoms with van der Waals surface area (Å²) in [5.74, 6) is 3.65. The Morgan fingerprint density at radius 2 is 0.712 bits per heavy atom. The molecule has 3 aromatic heterocycles. The second-order valence-corrected chi connectivity index (χ2v) is 18.6. The topological polar surface area (TPSA) is 36.9 Å². The maximum Gasteiger partial charge on any atom is 0.126 e. The number of thiophene rings is 3. The Bertz CT molecular complexity index is 1830. The van der Waals surface area contributed by atoms with Gasteiger partial charge in [0.1, 0.15) is 23.0 Å². The predicted molar refractivity (Wildman–Crippen MR) is 260 cm³/mol. The van der Waals surface area contributed by atoms with Gasteiger partial charge in [0.25, 0.3) is 0 Å². The fourth-order valence-electron chi connectivity index (χ4n) is 6.71. The molecule has 0 aliphatic heterocycles. The Hall–Kier alpha value is -3.78. The molecule has 4 nitrogen and oxygen atoms in total. The fraction of sp³-hybridized carbons (Fsp3) is 0.462. The van der Waals surface area contributed by atoms with Crippen LogP contribution in [0.1, 0.15) is 151 Å². The molecule has 2 aromatic carbocycles. The number of rotatable bonds is 30. The summed E-state index contributed by atoms with van der Waals surface area (Å²) in [4.78, 5) is 7.57. The summed E-state index contributed by atoms with van der Waals surface area (Å²) in [5.41, 5.74) is 2.12. The van der Waals surface area contributed by atoms with Crippen LogP contribution < -0.4 is 18.9 Å². The van der Waals surface area contributed by atoms with Crippen LogP contribution >= 0.6 is 34.0 Å². The van der Waals surface area contributed by atoms with Crippen molar-refractivity contribution < 1.29 is 18.9 Å². The maximum atomic E-state index is 6.29. The van der Waals surface area contributed by atoms with E-state index in [0.717, 1.165) is 86.2 Å². The monoisotopic (exact) mass is 852 g/mol. The zero-order chi connectivity index (χ0) is 41.3. The molecule has 0 amide bonds. The van der Waals surface area contributed by atoms with Crippen molar-refractivity contribution in [2.45, 2.75) is 130 Å². The quantitative estimate of drug-likeness (QED) is 0.0431. The molecule has 0 spiro atoms. The first-order valence-corrected chi connectivity index (χ1v) is 25.0. The minimum absolute atomic E-state index is 0.738. The van der Waals surface area contributed by atoms with Crippen molar-refractivity contribution >= 4 is 58.3 Å². The summed E-state index contributed by atoms with van der Waals surface area (Å²) in [6.07, 6.45) is 27.9. The Morgan fingerprint density at radius 1 is 0.356 bits per heavy atom. The van der Waals surface area contributed by atoms with Gasteiger partial charge in [-0.2, -0.15) is 0 Å². The minimum Gasteiger partial charge on any atom is -0.494 e. The summed E-state index contributed by atoms with van der Waals surface area (Å²) in [5, 5.41) is 0. The average Bonchev–Trinajstić information content (AvgIpc) is 4.05. The second-order valence-electron chi connectivity index (χ2n) is 15.3. The van der Waals surface area contributed by atoms with Crippen LogP contribution in [0.15, 0.2) is 72.8 Å². The Balaban J connectivity index is 1.23. The van der Waals surface area contributed by atoms with E-state index in [2.05, 4.69) is 125 Å². The summed E-state index contributed by atoms with van der Waals surface area (Å²) in [7, 11) is 0. The fourth-order valence-corrected chi connectivity index (χ4v) is 9.72. The lowest BCUT2D eigenvalue weighted by atomic mass is 10.1. The molecule has 0 radical (unpaired) electrons. The number of hydrogen-bond donors (Lipinski definition) is 0. The van der Waals surface area contributed by atoms with Crippen LogP contribution in [0.3, 0.4) is 0 Å². The molecule has 0 atom stereocenters. The largest absolute Gasteiger partial charge is 0.494 e. The van der Waals surface area contributed by atoms with Crippen molar-refractivity contribution in [1.29, 1.82) is 0 Å². The molecule has 0 saturated carbocycles. The molecule has 7 heteroatoms. The smallest absolute Gasteiger partial charge is 0.126 e. The lowest BCUT2D eigenvalue weighted by Gasteiger charge is -2.12. The van der Waals surface area contributed by atoms with Gasteiger partial charge < -0.3 is 18.9 Å². The van der Waals surface area contributed by atoms with E-state index in [4.69, 9.17) is 18.9 Å². The molecular formula is C52H68O4S3. The minimum atomic E-state index is 0.738. The van der Waals surface area contributed by atoms with Crippen LogP contribution in [0.25, 0.3) is 43.8 Å². The summed E-state index contributed by atoms with van der Waals surface area (Å²) >= 11 is 5.51. The molecule has 318 valence electrons. The van der Waals surface area contributed by atoms with Gasteiger partial charge in [-0.1, -0.05) is 105 Å². The van der Waals surface area contributed by atoms with Crippen LogP contribution in [0.2, 0.25) is 0 Å². The number of unbranched alkanes of at least 4 members (excludes halogenated alkanes) is 12. The van der Waals surface area contributed by atoms with E-state index in [1.54, 1.807) is 0 Å². The third kappa shape index (κ3) is 16.3. The summed E-state index contributed by atoms with van der Waals surface area (Å²) in [6, 6.07) is 26.0. The molecular weight excluding hydrogens is 785 g/mol. The Morgan fingerprint density at radius 3 is 1.10 bits per heavy atom. The highest BCUT2D eigenvalue weighted by Gasteiger charge is 2.11. The zero-order valence-corrected chi connectivity index (χ0v) is 38.7. The first-order chi connectivity index (χ1) is 29.1. The third-order valence-corrected chi connectivity index (χ3v) is 13.8. The highest BCUT2D eigenvalue weighted by Crippen LogP contribution is 2.41. The molecule has 0 bridgehead atoms. The van der Waals surface area contributed by atoms with E-state index in [9.17, 15) is 0 Å². The van der Waals surface area contributed by atoms with Crippen LogP contribution in [-0.4, -0.2) is 26.4 Å². The predicted octanol–water partition coefficient (Wildman–Crippen LogP) is 17.4. The lowest BCUT2D eigenvalue weighted by Crippen LogP contribution is -2.01. The van der Waals surface area contributed by atoms with Gasteiger partial charge in [0, 0.05) is 40.4 Å². The maximum absolute atomic E-state index is 6.29. The number of hydrogen-bond acceptors (Lipinski definition) is 7. The Kier molecular flexibility index (Phi) is 21.3. The van der Waals surface area contributed by atoms with Crippen molar-refractivity contribution in [3.05, 3.63) is 93.7 Å². The molecule has 0 fully saturated rings. The van der Waals surface area contributed by atoms with Crippen molar-refractivity contribution in [3.8, 4) is 42.5 Å². The highest BCUT2D eigenvalue weighted by molar-refractivity contribution is 7.26. The third-order valence-electron chi connectivity index (χ3n) is 10.2.